The Morgan fingerprint density at radius 1 is 1.30 bits per heavy atom. The average molecular weight is 385 g/mol. The first-order valence-corrected chi connectivity index (χ1v) is 8.97. The Balaban J connectivity index is 1.91. The van der Waals surface area contributed by atoms with Crippen LogP contribution in [0.4, 0.5) is 5.82 Å². The van der Waals surface area contributed by atoms with E-state index >= 15 is 0 Å². The fourth-order valence-corrected chi connectivity index (χ4v) is 2.84. The van der Waals surface area contributed by atoms with Gasteiger partial charge in [-0.3, -0.25) is 4.99 Å². The van der Waals surface area contributed by atoms with Gasteiger partial charge in [-0.05, 0) is 24.9 Å². The molecule has 0 atom stereocenters. The number of aliphatic imine (C=N–C) groups is 1. The maximum absolute atomic E-state index is 6.17. The van der Waals surface area contributed by atoms with Crippen LogP contribution in [0.25, 0.3) is 5.70 Å². The van der Waals surface area contributed by atoms with Crippen LogP contribution in [0.1, 0.15) is 11.5 Å². The number of aromatic nitrogens is 2. The van der Waals surface area contributed by atoms with Gasteiger partial charge in [0.2, 0.25) is 0 Å². The van der Waals surface area contributed by atoms with Crippen LogP contribution in [0.2, 0.25) is 5.02 Å². The molecule has 0 N–H and O–H groups in total. The molecule has 0 radical (unpaired) electrons. The Labute approximate surface area is 163 Å². The minimum absolute atomic E-state index is 0.259. The predicted octanol–water partition coefficient (Wildman–Crippen LogP) is 3.77. The van der Waals surface area contributed by atoms with Crippen LogP contribution in [-0.2, 0) is 11.3 Å². The summed E-state index contributed by atoms with van der Waals surface area (Å²) in [5, 5.41) is 0.556. The van der Waals surface area contributed by atoms with Crippen molar-refractivity contribution in [1.29, 1.82) is 0 Å². The molecule has 2 aromatic rings. The lowest BCUT2D eigenvalue weighted by atomic mass is 10.3. The van der Waals surface area contributed by atoms with E-state index in [1.165, 1.54) is 0 Å². The van der Waals surface area contributed by atoms with Crippen molar-refractivity contribution >= 4 is 29.8 Å². The van der Waals surface area contributed by atoms with Crippen molar-refractivity contribution in [3.8, 4) is 5.75 Å². The van der Waals surface area contributed by atoms with E-state index in [0.717, 1.165) is 24.6 Å². The van der Waals surface area contributed by atoms with Gasteiger partial charge < -0.3 is 14.4 Å². The molecule has 1 fully saturated rings. The number of rotatable bonds is 7. The van der Waals surface area contributed by atoms with E-state index in [2.05, 4.69) is 33.2 Å². The summed E-state index contributed by atoms with van der Waals surface area (Å²) in [5.74, 6) is 1.89. The summed E-state index contributed by atoms with van der Waals surface area (Å²) in [4.78, 5) is 15.4. The Morgan fingerprint density at radius 2 is 2.07 bits per heavy atom. The molecule has 0 saturated carbocycles. The molecule has 140 valence electrons. The van der Waals surface area contributed by atoms with Crippen molar-refractivity contribution in [2.45, 2.75) is 6.61 Å². The molecule has 0 amide bonds. The van der Waals surface area contributed by atoms with E-state index in [1.54, 1.807) is 18.2 Å². The second-order valence-corrected chi connectivity index (χ2v) is 6.21. The first kappa shape index (κ1) is 19.1. The highest BCUT2D eigenvalue weighted by atomic mass is 35.5. The number of halogens is 1. The fourth-order valence-electron chi connectivity index (χ4n) is 2.65. The number of nitrogens with zero attached hydrogens (tertiary/aromatic N) is 4. The molecule has 0 spiro atoms. The lowest BCUT2D eigenvalue weighted by Gasteiger charge is -2.28. The Hall–Kier alpha value is -2.70. The molecule has 3 rings (SSSR count). The molecule has 6 nitrogen and oxygen atoms in total. The first-order valence-electron chi connectivity index (χ1n) is 8.59. The second-order valence-electron chi connectivity index (χ2n) is 5.81. The second kappa shape index (κ2) is 9.30. The van der Waals surface area contributed by atoms with Gasteiger partial charge in [-0.2, -0.15) is 0 Å². The predicted molar refractivity (Wildman–Crippen MR) is 109 cm³/mol. The van der Waals surface area contributed by atoms with Crippen LogP contribution in [0.15, 0.2) is 54.1 Å². The van der Waals surface area contributed by atoms with Gasteiger partial charge in [0, 0.05) is 19.2 Å². The first-order chi connectivity index (χ1) is 13.2. The standard InChI is InChI=1S/C20H21ClN4O2/c1-3-6-17(22-2)20-23-15(14-27-18-8-5-4-7-16(18)21)13-19(24-20)25-9-11-26-12-10-25/h3-8,13H,1-2,9-12,14H2/b17-6-. The van der Waals surface area contributed by atoms with Gasteiger partial charge in [0.25, 0.3) is 0 Å². The summed E-state index contributed by atoms with van der Waals surface area (Å²) in [5.41, 5.74) is 1.28. The van der Waals surface area contributed by atoms with Crippen LogP contribution in [0.5, 0.6) is 5.75 Å². The average Bonchev–Trinajstić information content (AvgIpc) is 2.72. The lowest BCUT2D eigenvalue weighted by Crippen LogP contribution is -2.37. The molecule has 1 aliphatic heterocycles. The van der Waals surface area contributed by atoms with E-state index < -0.39 is 0 Å². The third-order valence-electron chi connectivity index (χ3n) is 3.99. The van der Waals surface area contributed by atoms with E-state index in [-0.39, 0.29) is 6.61 Å². The summed E-state index contributed by atoms with van der Waals surface area (Å²) in [6, 6.07) is 9.25. The highest BCUT2D eigenvalue weighted by molar-refractivity contribution is 6.32. The number of ether oxygens (including phenoxy) is 2. The molecule has 7 heteroatoms. The van der Waals surface area contributed by atoms with E-state index in [1.807, 2.05) is 24.3 Å². The molecule has 1 saturated heterocycles. The largest absolute Gasteiger partial charge is 0.486 e. The van der Waals surface area contributed by atoms with Crippen molar-refractivity contribution in [3.05, 3.63) is 65.6 Å². The molecule has 0 bridgehead atoms. The van der Waals surface area contributed by atoms with Crippen molar-refractivity contribution in [2.24, 2.45) is 4.99 Å². The zero-order chi connectivity index (χ0) is 19.1. The van der Waals surface area contributed by atoms with Crippen LogP contribution in [-0.4, -0.2) is 43.0 Å². The normalized spacial score (nSPS) is 14.7. The minimum Gasteiger partial charge on any atom is -0.486 e. The number of morpholine rings is 1. The number of allylic oxidation sites excluding steroid dienone is 2. The Bertz CT molecular complexity index is 848. The molecule has 1 aromatic heterocycles. The topological polar surface area (TPSA) is 59.8 Å². The van der Waals surface area contributed by atoms with Gasteiger partial charge in [-0.15, -0.1) is 0 Å². The van der Waals surface area contributed by atoms with Gasteiger partial charge in [0.15, 0.2) is 5.82 Å². The molecular weight excluding hydrogens is 364 g/mol. The molecule has 1 aromatic carbocycles. The van der Waals surface area contributed by atoms with Gasteiger partial charge in [0.1, 0.15) is 23.9 Å². The van der Waals surface area contributed by atoms with Crippen molar-refractivity contribution in [1.82, 2.24) is 9.97 Å². The highest BCUT2D eigenvalue weighted by Crippen LogP contribution is 2.25. The molecule has 1 aliphatic rings. The zero-order valence-electron chi connectivity index (χ0n) is 15.0. The SMILES string of the molecule is C=C/C=C(\N=C)c1nc(COc2ccccc2Cl)cc(N2CCOCC2)n1. The summed E-state index contributed by atoms with van der Waals surface area (Å²) < 4.78 is 11.3. The number of benzene rings is 1. The summed E-state index contributed by atoms with van der Waals surface area (Å²) in [6.07, 6.45) is 3.36. The molecule has 27 heavy (non-hydrogen) atoms. The molecule has 2 heterocycles. The third kappa shape index (κ3) is 4.93. The van der Waals surface area contributed by atoms with E-state index in [4.69, 9.17) is 21.1 Å². The van der Waals surface area contributed by atoms with E-state index in [9.17, 15) is 0 Å². The number of hydrogen-bond donors (Lipinski definition) is 0. The van der Waals surface area contributed by atoms with Crippen molar-refractivity contribution in [2.75, 3.05) is 31.2 Å². The summed E-state index contributed by atoms with van der Waals surface area (Å²) in [7, 11) is 0. The van der Waals surface area contributed by atoms with Crippen molar-refractivity contribution in [3.63, 3.8) is 0 Å². The number of hydrogen-bond acceptors (Lipinski definition) is 6. The molecular formula is C20H21ClN4O2. The van der Waals surface area contributed by atoms with Gasteiger partial charge in [-0.25, -0.2) is 9.97 Å². The lowest BCUT2D eigenvalue weighted by molar-refractivity contribution is 0.122. The molecule has 0 unspecified atom stereocenters. The Morgan fingerprint density at radius 3 is 2.78 bits per heavy atom. The summed E-state index contributed by atoms with van der Waals surface area (Å²) >= 11 is 6.17. The Kier molecular flexibility index (Phi) is 6.57. The van der Waals surface area contributed by atoms with Crippen LogP contribution < -0.4 is 9.64 Å². The highest BCUT2D eigenvalue weighted by Gasteiger charge is 2.16. The van der Waals surface area contributed by atoms with Crippen molar-refractivity contribution < 1.29 is 9.47 Å². The van der Waals surface area contributed by atoms with Crippen LogP contribution >= 0.6 is 11.6 Å². The monoisotopic (exact) mass is 384 g/mol. The number of para-hydroxylation sites is 1. The van der Waals surface area contributed by atoms with Gasteiger partial charge >= 0.3 is 0 Å². The third-order valence-corrected chi connectivity index (χ3v) is 4.30. The summed E-state index contributed by atoms with van der Waals surface area (Å²) in [6.45, 7) is 10.4. The maximum atomic E-state index is 6.17. The van der Waals surface area contributed by atoms with E-state index in [0.29, 0.717) is 35.5 Å². The van der Waals surface area contributed by atoms with Gasteiger partial charge in [0.05, 0.1) is 23.9 Å². The zero-order valence-corrected chi connectivity index (χ0v) is 15.7. The van der Waals surface area contributed by atoms with Gasteiger partial charge in [-0.1, -0.05) is 36.4 Å². The molecule has 0 aliphatic carbocycles. The van der Waals surface area contributed by atoms with Crippen LogP contribution in [0, 0.1) is 0 Å². The maximum Gasteiger partial charge on any atom is 0.180 e. The quantitative estimate of drug-likeness (QED) is 0.537. The minimum atomic E-state index is 0.259. The fraction of sp³-hybridized carbons (Fsp3) is 0.250. The van der Waals surface area contributed by atoms with Crippen LogP contribution in [0.3, 0.4) is 0 Å². The smallest absolute Gasteiger partial charge is 0.180 e. The number of anilines is 1.